The van der Waals surface area contributed by atoms with E-state index in [4.69, 9.17) is 14.2 Å². The lowest BCUT2D eigenvalue weighted by Crippen LogP contribution is -2.34. The summed E-state index contributed by atoms with van der Waals surface area (Å²) in [6.45, 7) is 5.50. The van der Waals surface area contributed by atoms with E-state index in [-0.39, 0.29) is 11.9 Å². The lowest BCUT2D eigenvalue weighted by Gasteiger charge is -2.33. The fraction of sp³-hybridized carbons (Fsp3) is 0.280. The lowest BCUT2D eigenvalue weighted by atomic mass is 9.89. The molecule has 2 aliphatic rings. The number of para-hydroxylation sites is 1. The van der Waals surface area contributed by atoms with Crippen LogP contribution in [0.2, 0.25) is 0 Å². The Balaban J connectivity index is 1.53. The third kappa shape index (κ3) is 3.60. The Morgan fingerprint density at radius 1 is 1.16 bits per heavy atom. The molecule has 0 spiro atoms. The van der Waals surface area contributed by atoms with E-state index in [1.165, 1.54) is 10.8 Å². The normalized spacial score (nSPS) is 20.0. The Kier molecular flexibility index (Phi) is 4.89. The SMILES string of the molecule is CC(C)(C)OC(=O)n1cc([C@H]2C[C@@H]3Oc4ccccc4C(=O)C3=CO2)c2cc(Br)ccc21. The number of hydrogen-bond donors (Lipinski definition) is 0. The topological polar surface area (TPSA) is 66.8 Å². The smallest absolute Gasteiger partial charge is 0.419 e. The van der Waals surface area contributed by atoms with Crippen molar-refractivity contribution in [3.8, 4) is 5.75 Å². The van der Waals surface area contributed by atoms with Crippen LogP contribution in [0.15, 0.2) is 65.0 Å². The van der Waals surface area contributed by atoms with E-state index in [9.17, 15) is 9.59 Å². The van der Waals surface area contributed by atoms with E-state index >= 15 is 0 Å². The van der Waals surface area contributed by atoms with Gasteiger partial charge in [0.1, 0.15) is 23.6 Å². The molecule has 2 atom stereocenters. The van der Waals surface area contributed by atoms with Crippen molar-refractivity contribution in [2.75, 3.05) is 0 Å². The third-order valence-corrected chi connectivity index (χ3v) is 6.03. The first kappa shape index (κ1) is 20.8. The first-order valence-corrected chi connectivity index (χ1v) is 11.2. The maximum atomic E-state index is 12.9. The van der Waals surface area contributed by atoms with Gasteiger partial charge in [0.2, 0.25) is 0 Å². The molecule has 0 N–H and O–H groups in total. The van der Waals surface area contributed by atoms with Gasteiger partial charge in [0.15, 0.2) is 5.78 Å². The molecule has 0 bridgehead atoms. The Labute approximate surface area is 193 Å². The van der Waals surface area contributed by atoms with Gasteiger partial charge >= 0.3 is 6.09 Å². The number of hydrogen-bond acceptors (Lipinski definition) is 5. The number of aromatic nitrogens is 1. The Bertz CT molecular complexity index is 1280. The number of halogens is 1. The highest BCUT2D eigenvalue weighted by atomic mass is 79.9. The fourth-order valence-corrected chi connectivity index (χ4v) is 4.49. The van der Waals surface area contributed by atoms with Crippen LogP contribution in [-0.4, -0.2) is 28.1 Å². The predicted molar refractivity (Wildman–Crippen MR) is 123 cm³/mol. The molecule has 5 rings (SSSR count). The standard InChI is InChI=1S/C25H22BrNO5/c1-25(2,3)32-24(29)27-12-17(16-10-14(26)8-9-19(16)27)21-11-22-18(13-30-21)23(28)15-6-4-5-7-20(15)31-22/h4-10,12-13,21-22H,11H2,1-3H3/t21-,22+/m1/s1. The molecule has 3 aromatic rings. The van der Waals surface area contributed by atoms with Crippen LogP contribution in [0.3, 0.4) is 0 Å². The molecule has 2 aliphatic heterocycles. The second-order valence-corrected chi connectivity index (χ2v) is 9.88. The molecule has 0 saturated carbocycles. The summed E-state index contributed by atoms with van der Waals surface area (Å²) in [5.74, 6) is 0.508. The molecule has 32 heavy (non-hydrogen) atoms. The summed E-state index contributed by atoms with van der Waals surface area (Å²) in [6.07, 6.45) is 2.46. The first-order valence-electron chi connectivity index (χ1n) is 10.4. The molecule has 6 nitrogen and oxygen atoms in total. The Morgan fingerprint density at radius 3 is 2.72 bits per heavy atom. The van der Waals surface area contributed by atoms with Crippen molar-refractivity contribution in [3.63, 3.8) is 0 Å². The molecule has 0 saturated heterocycles. The van der Waals surface area contributed by atoms with Crippen LogP contribution in [0.25, 0.3) is 10.9 Å². The molecule has 164 valence electrons. The van der Waals surface area contributed by atoms with E-state index in [1.807, 2.05) is 51.1 Å². The van der Waals surface area contributed by atoms with Gasteiger partial charge in [0.25, 0.3) is 0 Å². The largest absolute Gasteiger partial charge is 0.493 e. The van der Waals surface area contributed by atoms with E-state index in [0.29, 0.717) is 23.3 Å². The summed E-state index contributed by atoms with van der Waals surface area (Å²) in [6, 6.07) is 12.9. The maximum Gasteiger partial charge on any atom is 0.419 e. The minimum Gasteiger partial charge on any atom is -0.493 e. The Morgan fingerprint density at radius 2 is 1.94 bits per heavy atom. The number of fused-ring (bicyclic) bond motifs is 3. The summed E-state index contributed by atoms with van der Waals surface area (Å²) in [5, 5.41) is 0.870. The summed E-state index contributed by atoms with van der Waals surface area (Å²) < 4.78 is 20.1. The number of carbonyl (C=O) groups is 2. The number of ketones is 1. The zero-order valence-corrected chi connectivity index (χ0v) is 19.5. The minimum absolute atomic E-state index is 0.0748. The van der Waals surface area contributed by atoms with Crippen molar-refractivity contribution < 1.29 is 23.8 Å². The van der Waals surface area contributed by atoms with Crippen LogP contribution in [-0.2, 0) is 9.47 Å². The molecule has 0 amide bonds. The van der Waals surface area contributed by atoms with Gasteiger partial charge in [-0.2, -0.15) is 0 Å². The van der Waals surface area contributed by atoms with Crippen LogP contribution in [0.4, 0.5) is 4.79 Å². The molecular weight excluding hydrogens is 474 g/mol. The molecule has 0 unspecified atom stereocenters. The van der Waals surface area contributed by atoms with Crippen LogP contribution < -0.4 is 4.74 Å². The van der Waals surface area contributed by atoms with Gasteiger partial charge in [0, 0.05) is 28.0 Å². The second kappa shape index (κ2) is 7.52. The van der Waals surface area contributed by atoms with E-state index in [2.05, 4.69) is 15.9 Å². The van der Waals surface area contributed by atoms with Crippen molar-refractivity contribution in [2.24, 2.45) is 0 Å². The van der Waals surface area contributed by atoms with Crippen molar-refractivity contribution in [2.45, 2.75) is 45.0 Å². The van der Waals surface area contributed by atoms with Crippen molar-refractivity contribution in [3.05, 3.63) is 76.1 Å². The number of Topliss-reactive ketones (excluding diaryl/α,β-unsaturated/α-hetero) is 1. The fourth-order valence-electron chi connectivity index (χ4n) is 4.13. The molecular formula is C25H22BrNO5. The lowest BCUT2D eigenvalue weighted by molar-refractivity contribution is 0.0531. The number of ether oxygens (including phenoxy) is 3. The molecule has 1 aromatic heterocycles. The van der Waals surface area contributed by atoms with Crippen LogP contribution in [0.5, 0.6) is 5.75 Å². The van der Waals surface area contributed by atoms with E-state index < -0.39 is 17.8 Å². The zero-order chi connectivity index (χ0) is 22.6. The molecule has 0 fully saturated rings. The van der Waals surface area contributed by atoms with Gasteiger partial charge in [-0.25, -0.2) is 4.79 Å². The average Bonchev–Trinajstić information content (AvgIpc) is 3.11. The summed E-state index contributed by atoms with van der Waals surface area (Å²) in [5.41, 5.74) is 1.99. The predicted octanol–water partition coefficient (Wildman–Crippen LogP) is 6.18. The number of nitrogens with zero attached hydrogens (tertiary/aromatic N) is 1. The van der Waals surface area contributed by atoms with Crippen LogP contribution >= 0.6 is 15.9 Å². The van der Waals surface area contributed by atoms with Gasteiger partial charge < -0.3 is 14.2 Å². The van der Waals surface area contributed by atoms with E-state index in [1.54, 1.807) is 18.3 Å². The molecule has 0 radical (unpaired) electrons. The molecule has 2 aromatic carbocycles. The van der Waals surface area contributed by atoms with Gasteiger partial charge in [-0.05, 0) is 51.1 Å². The first-order chi connectivity index (χ1) is 15.2. The number of rotatable bonds is 1. The van der Waals surface area contributed by atoms with Crippen molar-refractivity contribution in [1.82, 2.24) is 4.57 Å². The monoisotopic (exact) mass is 495 g/mol. The highest BCUT2D eigenvalue weighted by Gasteiger charge is 2.38. The maximum absolute atomic E-state index is 12.9. The van der Waals surface area contributed by atoms with Gasteiger partial charge in [-0.15, -0.1) is 0 Å². The number of carbonyl (C=O) groups excluding carboxylic acids is 2. The highest BCUT2D eigenvalue weighted by Crippen LogP contribution is 2.41. The summed E-state index contributed by atoms with van der Waals surface area (Å²) in [4.78, 5) is 25.7. The van der Waals surface area contributed by atoms with Crippen molar-refractivity contribution in [1.29, 1.82) is 0 Å². The van der Waals surface area contributed by atoms with Crippen molar-refractivity contribution >= 4 is 38.7 Å². The Hall–Kier alpha value is -3.06. The van der Waals surface area contributed by atoms with Gasteiger partial charge in [0.05, 0.1) is 22.9 Å². The molecule has 0 aliphatic carbocycles. The van der Waals surface area contributed by atoms with Crippen LogP contribution in [0, 0.1) is 0 Å². The minimum atomic E-state index is -0.619. The third-order valence-electron chi connectivity index (χ3n) is 5.53. The number of benzene rings is 2. The zero-order valence-electron chi connectivity index (χ0n) is 17.9. The average molecular weight is 496 g/mol. The van der Waals surface area contributed by atoms with Crippen LogP contribution in [0.1, 0.15) is 49.2 Å². The summed E-state index contributed by atoms with van der Waals surface area (Å²) >= 11 is 3.52. The molecule has 3 heterocycles. The highest BCUT2D eigenvalue weighted by molar-refractivity contribution is 9.10. The van der Waals surface area contributed by atoms with Gasteiger partial charge in [-0.3, -0.25) is 9.36 Å². The quantitative estimate of drug-likeness (QED) is 0.403. The van der Waals surface area contributed by atoms with E-state index in [0.717, 1.165) is 20.9 Å². The molecule has 7 heteroatoms. The van der Waals surface area contributed by atoms with Gasteiger partial charge in [-0.1, -0.05) is 28.1 Å². The second-order valence-electron chi connectivity index (χ2n) is 8.96. The summed E-state index contributed by atoms with van der Waals surface area (Å²) in [7, 11) is 0.